The number of carbonyl (C=O) groups excluding carboxylic acids is 1. The summed E-state index contributed by atoms with van der Waals surface area (Å²) in [5.41, 5.74) is 2.74. The van der Waals surface area contributed by atoms with Gasteiger partial charge in [-0.3, -0.25) is 14.2 Å². The Hall–Kier alpha value is -2.96. The van der Waals surface area contributed by atoms with Crippen LogP contribution in [0.5, 0.6) is 0 Å². The van der Waals surface area contributed by atoms with Gasteiger partial charge in [0.25, 0.3) is 5.91 Å². The summed E-state index contributed by atoms with van der Waals surface area (Å²) in [6, 6.07) is 10.3. The van der Waals surface area contributed by atoms with Crippen LogP contribution in [0.4, 0.5) is 0 Å². The molecule has 0 atom stereocenters. The first-order valence-corrected chi connectivity index (χ1v) is 8.40. The number of nitrogens with zero attached hydrogens (tertiary/aromatic N) is 5. The van der Waals surface area contributed by atoms with Gasteiger partial charge in [0, 0.05) is 26.3 Å². The number of carbonyl (C=O) groups is 1. The van der Waals surface area contributed by atoms with Crippen molar-refractivity contribution in [2.45, 2.75) is 25.8 Å². The van der Waals surface area contributed by atoms with E-state index >= 15 is 0 Å². The van der Waals surface area contributed by atoms with Gasteiger partial charge in [-0.1, -0.05) is 35.5 Å². The normalized spacial score (nSPS) is 10.8. The number of hydrogen-bond donors (Lipinski definition) is 1. The minimum absolute atomic E-state index is 0.196. The first-order valence-electron chi connectivity index (χ1n) is 8.40. The molecule has 1 amide bonds. The molecular formula is C18H22N6O. The molecule has 7 nitrogen and oxygen atoms in total. The summed E-state index contributed by atoms with van der Waals surface area (Å²) in [5.74, 6) is -0.196. The number of hydrogen-bond acceptors (Lipinski definition) is 4. The molecule has 0 aliphatic heterocycles. The molecule has 0 aliphatic carbocycles. The van der Waals surface area contributed by atoms with Crippen molar-refractivity contribution in [2.75, 3.05) is 6.54 Å². The summed E-state index contributed by atoms with van der Waals surface area (Å²) in [5, 5.41) is 15.0. The van der Waals surface area contributed by atoms with E-state index in [4.69, 9.17) is 0 Å². The van der Waals surface area contributed by atoms with E-state index in [0.717, 1.165) is 31.4 Å². The van der Waals surface area contributed by atoms with E-state index in [1.165, 1.54) is 5.56 Å². The van der Waals surface area contributed by atoms with Gasteiger partial charge in [-0.05, 0) is 30.4 Å². The van der Waals surface area contributed by atoms with Gasteiger partial charge in [-0.15, -0.1) is 5.10 Å². The zero-order valence-corrected chi connectivity index (χ0v) is 14.3. The molecule has 3 rings (SSSR count). The molecule has 0 spiro atoms. The van der Waals surface area contributed by atoms with Crippen LogP contribution in [0, 0.1) is 0 Å². The van der Waals surface area contributed by atoms with Crippen LogP contribution in [0.1, 0.15) is 28.0 Å². The molecule has 0 saturated carbocycles. The van der Waals surface area contributed by atoms with Crippen LogP contribution in [0.3, 0.4) is 0 Å². The molecule has 0 fully saturated rings. The summed E-state index contributed by atoms with van der Waals surface area (Å²) in [7, 11) is 1.87. The van der Waals surface area contributed by atoms with E-state index in [9.17, 15) is 4.79 Å². The van der Waals surface area contributed by atoms with Crippen LogP contribution < -0.4 is 5.32 Å². The Kier molecular flexibility index (Phi) is 5.56. The van der Waals surface area contributed by atoms with Gasteiger partial charge in [-0.25, -0.2) is 0 Å². The summed E-state index contributed by atoms with van der Waals surface area (Å²) in [6.07, 6.45) is 8.11. The first-order chi connectivity index (χ1) is 12.2. The van der Waals surface area contributed by atoms with E-state index in [1.54, 1.807) is 21.8 Å². The third-order valence-electron chi connectivity index (χ3n) is 3.92. The molecule has 2 heterocycles. The highest BCUT2D eigenvalue weighted by molar-refractivity contribution is 5.91. The van der Waals surface area contributed by atoms with Gasteiger partial charge in [-0.2, -0.15) is 5.10 Å². The van der Waals surface area contributed by atoms with Gasteiger partial charge < -0.3 is 5.32 Å². The van der Waals surface area contributed by atoms with Crippen molar-refractivity contribution in [3.8, 4) is 0 Å². The van der Waals surface area contributed by atoms with Gasteiger partial charge in [0.05, 0.1) is 12.4 Å². The molecule has 25 heavy (non-hydrogen) atoms. The molecule has 7 heteroatoms. The van der Waals surface area contributed by atoms with Gasteiger partial charge in [0.1, 0.15) is 0 Å². The minimum Gasteiger partial charge on any atom is -0.350 e. The van der Waals surface area contributed by atoms with Crippen LogP contribution in [0.25, 0.3) is 0 Å². The summed E-state index contributed by atoms with van der Waals surface area (Å²) < 4.78 is 3.47. The minimum atomic E-state index is -0.196. The third kappa shape index (κ3) is 5.00. The second kappa shape index (κ2) is 8.23. The van der Waals surface area contributed by atoms with E-state index < -0.39 is 0 Å². The number of amides is 1. The second-order valence-electron chi connectivity index (χ2n) is 5.98. The van der Waals surface area contributed by atoms with Crippen molar-refractivity contribution >= 4 is 5.91 Å². The maximum Gasteiger partial charge on any atom is 0.273 e. The molecule has 0 bridgehead atoms. The topological polar surface area (TPSA) is 77.6 Å². The summed E-state index contributed by atoms with van der Waals surface area (Å²) >= 11 is 0. The quantitative estimate of drug-likeness (QED) is 0.677. The Morgan fingerprint density at radius 1 is 1.12 bits per heavy atom. The average molecular weight is 338 g/mol. The van der Waals surface area contributed by atoms with Crippen molar-refractivity contribution < 1.29 is 4.79 Å². The van der Waals surface area contributed by atoms with Crippen molar-refractivity contribution in [3.05, 3.63) is 65.7 Å². The molecule has 1 N–H and O–H groups in total. The predicted octanol–water partition coefficient (Wildman–Crippen LogP) is 1.62. The number of aryl methyl sites for hydroxylation is 3. The highest BCUT2D eigenvalue weighted by atomic mass is 16.2. The maximum atomic E-state index is 12.1. The third-order valence-corrected chi connectivity index (χ3v) is 3.92. The van der Waals surface area contributed by atoms with Gasteiger partial charge in [0.15, 0.2) is 5.69 Å². The van der Waals surface area contributed by atoms with Crippen molar-refractivity contribution in [2.24, 2.45) is 7.05 Å². The monoisotopic (exact) mass is 338 g/mol. The Morgan fingerprint density at radius 3 is 2.72 bits per heavy atom. The van der Waals surface area contributed by atoms with Gasteiger partial charge >= 0.3 is 0 Å². The average Bonchev–Trinajstić information content (AvgIpc) is 3.25. The molecule has 1 aromatic carbocycles. The van der Waals surface area contributed by atoms with Crippen molar-refractivity contribution in [1.29, 1.82) is 0 Å². The van der Waals surface area contributed by atoms with Crippen LogP contribution >= 0.6 is 0 Å². The fourth-order valence-electron chi connectivity index (χ4n) is 2.61. The SMILES string of the molecule is Cn1cc(CCNC(=O)c2cn(CCCc3ccccc3)nn2)cn1. The summed E-state index contributed by atoms with van der Waals surface area (Å²) in [6.45, 7) is 1.29. The van der Waals surface area contributed by atoms with E-state index in [-0.39, 0.29) is 5.91 Å². The smallest absolute Gasteiger partial charge is 0.273 e. The molecular weight excluding hydrogens is 316 g/mol. The number of benzene rings is 1. The Labute approximate surface area is 146 Å². The number of aromatic nitrogens is 5. The van der Waals surface area contributed by atoms with E-state index in [1.807, 2.05) is 31.4 Å². The van der Waals surface area contributed by atoms with E-state index in [0.29, 0.717) is 12.2 Å². The molecule has 130 valence electrons. The van der Waals surface area contributed by atoms with Crippen LogP contribution in [0.2, 0.25) is 0 Å². The molecule has 0 aliphatic rings. The van der Waals surface area contributed by atoms with Crippen molar-refractivity contribution in [1.82, 2.24) is 30.1 Å². The lowest BCUT2D eigenvalue weighted by Crippen LogP contribution is -2.26. The Morgan fingerprint density at radius 2 is 1.96 bits per heavy atom. The van der Waals surface area contributed by atoms with Gasteiger partial charge in [0.2, 0.25) is 0 Å². The Balaban J connectivity index is 1.41. The van der Waals surface area contributed by atoms with Crippen LogP contribution in [-0.4, -0.2) is 37.2 Å². The molecule has 3 aromatic rings. The molecule has 0 unspecified atom stereocenters. The lowest BCUT2D eigenvalue weighted by Gasteiger charge is -2.02. The fraction of sp³-hybridized carbons (Fsp3) is 0.333. The van der Waals surface area contributed by atoms with E-state index in [2.05, 4.69) is 32.9 Å². The molecule has 0 saturated heterocycles. The first kappa shape index (κ1) is 16.9. The Bertz CT molecular complexity index is 808. The molecule has 2 aromatic heterocycles. The number of rotatable bonds is 8. The van der Waals surface area contributed by atoms with Crippen LogP contribution in [-0.2, 0) is 26.4 Å². The second-order valence-corrected chi connectivity index (χ2v) is 5.98. The summed E-state index contributed by atoms with van der Waals surface area (Å²) in [4.78, 5) is 12.1. The standard InChI is InChI=1S/C18H22N6O/c1-23-13-16(12-20-23)9-10-19-18(25)17-14-24(22-21-17)11-5-8-15-6-3-2-4-7-15/h2-4,6-7,12-14H,5,8-11H2,1H3,(H,19,25). The molecule has 0 radical (unpaired) electrons. The predicted molar refractivity (Wildman–Crippen MR) is 94.0 cm³/mol. The fourth-order valence-corrected chi connectivity index (χ4v) is 2.61. The number of nitrogens with one attached hydrogen (secondary N) is 1. The highest BCUT2D eigenvalue weighted by Gasteiger charge is 2.10. The lowest BCUT2D eigenvalue weighted by atomic mass is 10.1. The largest absolute Gasteiger partial charge is 0.350 e. The zero-order chi connectivity index (χ0) is 17.5. The zero-order valence-electron chi connectivity index (χ0n) is 14.3. The highest BCUT2D eigenvalue weighted by Crippen LogP contribution is 2.04. The van der Waals surface area contributed by atoms with Crippen molar-refractivity contribution in [3.63, 3.8) is 0 Å². The maximum absolute atomic E-state index is 12.1. The lowest BCUT2D eigenvalue weighted by molar-refractivity contribution is 0.0949. The van der Waals surface area contributed by atoms with Crippen LogP contribution in [0.15, 0.2) is 48.9 Å².